The molecule has 2 aliphatic rings. The number of halogens is 2. The number of aliphatic hydroxyl groups excluding tert-OH is 1. The lowest BCUT2D eigenvalue weighted by atomic mass is 9.94. The molecule has 10 nitrogen and oxygen atoms in total. The zero-order valence-corrected chi connectivity index (χ0v) is 22.5. The maximum absolute atomic E-state index is 14.7. The lowest BCUT2D eigenvalue weighted by molar-refractivity contribution is -0.00860. The number of aliphatic hydroxyl groups is 1. The van der Waals surface area contributed by atoms with Crippen LogP contribution >= 0.6 is 0 Å². The summed E-state index contributed by atoms with van der Waals surface area (Å²) in [6.45, 7) is 6.59. The van der Waals surface area contributed by atoms with Crippen LogP contribution in [0.3, 0.4) is 0 Å². The minimum atomic E-state index is -1.75. The van der Waals surface area contributed by atoms with E-state index in [2.05, 4.69) is 30.6 Å². The van der Waals surface area contributed by atoms with Gasteiger partial charge in [-0.25, -0.2) is 18.7 Å². The van der Waals surface area contributed by atoms with E-state index in [0.29, 0.717) is 36.1 Å². The summed E-state index contributed by atoms with van der Waals surface area (Å²) in [5, 5.41) is 17.3. The number of piperidine rings is 1. The molecule has 12 heteroatoms. The molecule has 4 atom stereocenters. The molecule has 208 valence electrons. The zero-order valence-electron chi connectivity index (χ0n) is 22.5. The van der Waals surface area contributed by atoms with Crippen molar-refractivity contribution in [2.75, 3.05) is 43.4 Å². The number of hydrogen-bond acceptors (Lipinski definition) is 9. The first-order valence-electron chi connectivity index (χ1n) is 13.2. The van der Waals surface area contributed by atoms with Gasteiger partial charge in [0, 0.05) is 43.6 Å². The Morgan fingerprint density at radius 2 is 1.97 bits per heavy atom. The van der Waals surface area contributed by atoms with Crippen molar-refractivity contribution in [2.45, 2.75) is 57.1 Å². The molecule has 2 fully saturated rings. The highest BCUT2D eigenvalue weighted by Gasteiger charge is 2.40. The highest BCUT2D eigenvalue weighted by atomic mass is 19.1. The second-order valence-electron chi connectivity index (χ2n) is 11.0. The molecule has 0 aliphatic carbocycles. The van der Waals surface area contributed by atoms with E-state index in [9.17, 15) is 18.7 Å². The van der Waals surface area contributed by atoms with Gasteiger partial charge in [-0.05, 0) is 49.4 Å². The van der Waals surface area contributed by atoms with E-state index < -0.39 is 29.9 Å². The Balaban J connectivity index is 1.41. The van der Waals surface area contributed by atoms with Crippen LogP contribution in [0.25, 0.3) is 10.8 Å². The molecule has 0 saturated carbocycles. The lowest BCUT2D eigenvalue weighted by Crippen LogP contribution is -2.52. The van der Waals surface area contributed by atoms with Gasteiger partial charge >= 0.3 is 0 Å². The summed E-state index contributed by atoms with van der Waals surface area (Å²) in [5.74, 6) is 1.01. The molecule has 5 heterocycles. The molecule has 5 rings (SSSR count). The third-order valence-corrected chi connectivity index (χ3v) is 7.44. The fraction of sp³-hybridized carbons (Fsp3) is 0.519. The Bertz CT molecular complexity index is 1370. The van der Waals surface area contributed by atoms with Crippen molar-refractivity contribution in [3.63, 3.8) is 0 Å². The van der Waals surface area contributed by atoms with E-state index in [4.69, 9.17) is 0 Å². The highest BCUT2D eigenvalue weighted by Crippen LogP contribution is 2.30. The smallest absolute Gasteiger partial charge is 0.270 e. The fourth-order valence-corrected chi connectivity index (χ4v) is 5.20. The molecule has 39 heavy (non-hydrogen) atoms. The highest BCUT2D eigenvalue weighted by molar-refractivity contribution is 6.06. The van der Waals surface area contributed by atoms with E-state index in [1.54, 1.807) is 29.6 Å². The molecule has 0 bridgehead atoms. The summed E-state index contributed by atoms with van der Waals surface area (Å²) in [7, 11) is 1.82. The number of nitrogens with zero attached hydrogens (tertiary/aromatic N) is 6. The van der Waals surface area contributed by atoms with E-state index >= 15 is 0 Å². The standard InChI is InChI=1S/C27H34F2N8O2/c1-15(2)17-10-32-24(25(39)33-20-13-36(4)12-19(20)28)18-11-31-23(9-16(17)18)34-22-5-7-30-26(35-22)37-8-6-21(38)27(3,29)14-37/h5,7,9-11,15,19-21,38H,6,8,12-14H2,1-4H3,(H,33,39)(H,30,31,34,35)/t19-,20-,21-,27+/m1/s1. The van der Waals surface area contributed by atoms with Crippen LogP contribution in [0.2, 0.25) is 0 Å². The third-order valence-electron chi connectivity index (χ3n) is 7.44. The average molecular weight is 541 g/mol. The molecule has 0 radical (unpaired) electrons. The van der Waals surface area contributed by atoms with Crippen molar-refractivity contribution in [3.05, 3.63) is 42.0 Å². The molecular formula is C27H34F2N8O2. The number of likely N-dealkylation sites (tertiary alicyclic amines) is 1. The van der Waals surface area contributed by atoms with E-state index in [1.807, 2.05) is 31.9 Å². The van der Waals surface area contributed by atoms with Crippen molar-refractivity contribution in [1.82, 2.24) is 30.2 Å². The van der Waals surface area contributed by atoms with Gasteiger partial charge in [0.2, 0.25) is 5.95 Å². The normalized spacial score (nSPS) is 25.8. The van der Waals surface area contributed by atoms with Crippen LogP contribution in [0.4, 0.5) is 26.4 Å². The van der Waals surface area contributed by atoms with Crippen LogP contribution in [-0.2, 0) is 0 Å². The van der Waals surface area contributed by atoms with Crippen LogP contribution in [0.5, 0.6) is 0 Å². The second-order valence-corrected chi connectivity index (χ2v) is 11.0. The number of likely N-dealkylation sites (N-methyl/N-ethyl adjacent to an activating group) is 1. The van der Waals surface area contributed by atoms with Gasteiger partial charge in [0.05, 0.1) is 18.7 Å². The number of aromatic nitrogens is 4. The number of alkyl halides is 2. The van der Waals surface area contributed by atoms with Gasteiger partial charge in [-0.3, -0.25) is 9.78 Å². The summed E-state index contributed by atoms with van der Waals surface area (Å²) < 4.78 is 29.0. The van der Waals surface area contributed by atoms with Crippen molar-refractivity contribution >= 4 is 34.3 Å². The molecule has 2 aliphatic heterocycles. The topological polar surface area (TPSA) is 119 Å². The van der Waals surface area contributed by atoms with Gasteiger partial charge in [-0.1, -0.05) is 13.8 Å². The Kier molecular flexibility index (Phi) is 7.34. The van der Waals surface area contributed by atoms with Crippen molar-refractivity contribution in [1.29, 1.82) is 0 Å². The number of nitrogens with one attached hydrogen (secondary N) is 2. The number of carbonyl (C=O) groups excluding carboxylic acids is 1. The van der Waals surface area contributed by atoms with Crippen LogP contribution in [0, 0.1) is 0 Å². The third kappa shape index (κ3) is 5.62. The summed E-state index contributed by atoms with van der Waals surface area (Å²) in [6, 6.07) is 2.93. The lowest BCUT2D eigenvalue weighted by Gasteiger charge is -2.38. The van der Waals surface area contributed by atoms with Gasteiger partial charge in [-0.15, -0.1) is 0 Å². The fourth-order valence-electron chi connectivity index (χ4n) is 5.20. The SMILES string of the molecule is CC(C)c1cnc(C(=O)N[C@@H]2CN(C)C[C@H]2F)c2cnc(Nc3ccnc(N4CC[C@@H](O)[C@@](C)(F)C4)n3)cc12. The quantitative estimate of drug-likeness (QED) is 0.434. The van der Waals surface area contributed by atoms with Gasteiger partial charge in [-0.2, -0.15) is 4.98 Å². The average Bonchev–Trinajstić information content (AvgIpc) is 3.20. The van der Waals surface area contributed by atoms with Gasteiger partial charge in [0.25, 0.3) is 5.91 Å². The van der Waals surface area contributed by atoms with Crippen molar-refractivity contribution in [3.8, 4) is 0 Å². The predicted molar refractivity (Wildman–Crippen MR) is 145 cm³/mol. The number of hydrogen-bond donors (Lipinski definition) is 3. The molecule has 0 aromatic carbocycles. The van der Waals surface area contributed by atoms with Crippen LogP contribution < -0.4 is 15.5 Å². The number of rotatable bonds is 6. The molecule has 0 unspecified atom stereocenters. The zero-order chi connectivity index (χ0) is 27.9. The Hall–Kier alpha value is -3.51. The first kappa shape index (κ1) is 27.1. The van der Waals surface area contributed by atoms with E-state index in [1.165, 1.54) is 6.92 Å². The number of anilines is 3. The summed E-state index contributed by atoms with van der Waals surface area (Å²) >= 11 is 0. The van der Waals surface area contributed by atoms with Crippen molar-refractivity contribution < 1.29 is 18.7 Å². The molecule has 1 amide bonds. The van der Waals surface area contributed by atoms with Crippen molar-refractivity contribution in [2.24, 2.45) is 0 Å². The molecule has 3 N–H and O–H groups in total. The number of carbonyl (C=O) groups is 1. The molecule has 3 aromatic rings. The summed E-state index contributed by atoms with van der Waals surface area (Å²) in [4.78, 5) is 34.4. The predicted octanol–water partition coefficient (Wildman–Crippen LogP) is 2.97. The largest absolute Gasteiger partial charge is 0.390 e. The first-order chi connectivity index (χ1) is 18.5. The summed E-state index contributed by atoms with van der Waals surface area (Å²) in [5.41, 5.74) is -0.621. The maximum Gasteiger partial charge on any atom is 0.270 e. The number of fused-ring (bicyclic) bond motifs is 1. The molecular weight excluding hydrogens is 506 g/mol. The Labute approximate surface area is 225 Å². The van der Waals surface area contributed by atoms with Crippen LogP contribution in [-0.4, -0.2) is 93.1 Å². The van der Waals surface area contributed by atoms with E-state index in [0.717, 1.165) is 10.9 Å². The van der Waals surface area contributed by atoms with Gasteiger partial charge in [0.1, 0.15) is 23.5 Å². The van der Waals surface area contributed by atoms with Crippen LogP contribution in [0.15, 0.2) is 30.7 Å². The first-order valence-corrected chi connectivity index (χ1v) is 13.2. The number of amides is 1. The Morgan fingerprint density at radius 3 is 2.67 bits per heavy atom. The second kappa shape index (κ2) is 10.6. The molecule has 0 spiro atoms. The Morgan fingerprint density at radius 1 is 1.18 bits per heavy atom. The van der Waals surface area contributed by atoms with Gasteiger partial charge < -0.3 is 25.5 Å². The van der Waals surface area contributed by atoms with Crippen LogP contribution in [0.1, 0.15) is 49.2 Å². The minimum Gasteiger partial charge on any atom is -0.390 e. The maximum atomic E-state index is 14.7. The molecule has 3 aromatic heterocycles. The number of pyridine rings is 2. The molecule has 2 saturated heterocycles. The van der Waals surface area contributed by atoms with Gasteiger partial charge in [0.15, 0.2) is 5.67 Å². The minimum absolute atomic E-state index is 0.0122. The monoisotopic (exact) mass is 540 g/mol. The summed E-state index contributed by atoms with van der Waals surface area (Å²) in [6.07, 6.45) is 2.97. The van der Waals surface area contributed by atoms with E-state index in [-0.39, 0.29) is 31.1 Å².